The van der Waals surface area contributed by atoms with Gasteiger partial charge in [0.2, 0.25) is 15.9 Å². The van der Waals surface area contributed by atoms with Crippen LogP contribution in [0.25, 0.3) is 0 Å². The number of rotatable bonds is 4. The first-order valence-electron chi connectivity index (χ1n) is 6.70. The van der Waals surface area contributed by atoms with Gasteiger partial charge in [-0.25, -0.2) is 8.42 Å². The minimum Gasteiger partial charge on any atom is -0.481 e. The van der Waals surface area contributed by atoms with Crippen molar-refractivity contribution in [1.82, 2.24) is 9.21 Å². The molecule has 0 aromatic heterocycles. The Morgan fingerprint density at radius 3 is 2.40 bits per heavy atom. The van der Waals surface area contributed by atoms with Crippen LogP contribution in [0.4, 0.5) is 0 Å². The number of nitrogens with zero attached hydrogens (tertiary/aromatic N) is 2. The van der Waals surface area contributed by atoms with E-state index >= 15 is 0 Å². The number of amides is 1. The van der Waals surface area contributed by atoms with E-state index in [2.05, 4.69) is 0 Å². The third-order valence-electron chi connectivity index (χ3n) is 4.23. The third-order valence-corrected chi connectivity index (χ3v) is 5.52. The molecule has 1 amide bonds. The van der Waals surface area contributed by atoms with Crippen LogP contribution in [-0.2, 0) is 19.6 Å². The molecule has 2 atom stereocenters. The van der Waals surface area contributed by atoms with Crippen LogP contribution in [0.2, 0.25) is 0 Å². The van der Waals surface area contributed by atoms with Gasteiger partial charge in [0.15, 0.2) is 0 Å². The fourth-order valence-corrected chi connectivity index (χ4v) is 3.92. The molecule has 2 saturated heterocycles. The van der Waals surface area contributed by atoms with Crippen molar-refractivity contribution < 1.29 is 23.1 Å². The fourth-order valence-electron chi connectivity index (χ4n) is 2.81. The number of likely N-dealkylation sites (tertiary alicyclic amines) is 1. The maximum absolute atomic E-state index is 12.3. The second-order valence-electron chi connectivity index (χ2n) is 5.66. The van der Waals surface area contributed by atoms with E-state index in [0.717, 1.165) is 6.26 Å². The Bertz CT molecular complexity index is 512. The number of carbonyl (C=O) groups is 2. The van der Waals surface area contributed by atoms with Crippen LogP contribution in [0.3, 0.4) is 0 Å². The van der Waals surface area contributed by atoms with E-state index in [1.54, 1.807) is 11.8 Å². The van der Waals surface area contributed by atoms with Gasteiger partial charge in [-0.3, -0.25) is 9.59 Å². The van der Waals surface area contributed by atoms with Crippen LogP contribution < -0.4 is 0 Å². The highest BCUT2D eigenvalue weighted by atomic mass is 32.2. The first kappa shape index (κ1) is 15.2. The van der Waals surface area contributed by atoms with Crippen molar-refractivity contribution in [2.24, 2.45) is 11.8 Å². The van der Waals surface area contributed by atoms with Crippen molar-refractivity contribution in [2.75, 3.05) is 25.9 Å². The number of carboxylic acids is 1. The first-order chi connectivity index (χ1) is 9.21. The summed E-state index contributed by atoms with van der Waals surface area (Å²) >= 11 is 0. The van der Waals surface area contributed by atoms with Crippen molar-refractivity contribution in [3.8, 4) is 0 Å². The number of carboxylic acid groups (broad SMARTS) is 1. The minimum absolute atomic E-state index is 0.0375. The second-order valence-corrected chi connectivity index (χ2v) is 7.60. The molecule has 114 valence electrons. The summed E-state index contributed by atoms with van der Waals surface area (Å²) in [5.41, 5.74) is 0. The Balaban J connectivity index is 1.96. The lowest BCUT2D eigenvalue weighted by molar-refractivity contribution is -0.151. The van der Waals surface area contributed by atoms with Gasteiger partial charge in [-0.2, -0.15) is 4.31 Å². The van der Waals surface area contributed by atoms with E-state index in [0.29, 0.717) is 32.5 Å². The standard InChI is InChI=1S/C12H20N2O5S/c1-8(12(16)17)9-6-13(7-9)11(15)10-4-3-5-14(10)20(2,18)19/h8-10H,3-7H2,1-2H3,(H,16,17). The molecule has 2 aliphatic heterocycles. The van der Waals surface area contributed by atoms with Gasteiger partial charge in [-0.1, -0.05) is 6.92 Å². The van der Waals surface area contributed by atoms with Gasteiger partial charge in [-0.05, 0) is 12.8 Å². The van der Waals surface area contributed by atoms with E-state index in [-0.39, 0.29) is 11.8 Å². The lowest BCUT2D eigenvalue weighted by Crippen LogP contribution is -2.58. The molecule has 1 N–H and O–H groups in total. The van der Waals surface area contributed by atoms with Crippen LogP contribution >= 0.6 is 0 Å². The number of carbonyl (C=O) groups excluding carboxylic acids is 1. The molecule has 2 aliphatic rings. The lowest BCUT2D eigenvalue weighted by Gasteiger charge is -2.43. The summed E-state index contributed by atoms with van der Waals surface area (Å²) in [5.74, 6) is -1.57. The van der Waals surface area contributed by atoms with Gasteiger partial charge < -0.3 is 10.0 Å². The normalized spacial score (nSPS) is 26.3. The molecule has 0 spiro atoms. The van der Waals surface area contributed by atoms with E-state index in [4.69, 9.17) is 5.11 Å². The number of aliphatic carboxylic acids is 1. The monoisotopic (exact) mass is 304 g/mol. The smallest absolute Gasteiger partial charge is 0.306 e. The zero-order valence-corrected chi connectivity index (χ0v) is 12.5. The Labute approximate surface area is 118 Å². The van der Waals surface area contributed by atoms with Crippen molar-refractivity contribution in [1.29, 1.82) is 0 Å². The summed E-state index contributed by atoms with van der Waals surface area (Å²) in [4.78, 5) is 24.7. The van der Waals surface area contributed by atoms with Crippen molar-refractivity contribution in [2.45, 2.75) is 25.8 Å². The number of sulfonamides is 1. The van der Waals surface area contributed by atoms with Crippen LogP contribution in [0.15, 0.2) is 0 Å². The molecule has 2 rings (SSSR count). The summed E-state index contributed by atoms with van der Waals surface area (Å²) in [6, 6.07) is -0.605. The lowest BCUT2D eigenvalue weighted by atomic mass is 9.86. The summed E-state index contributed by atoms with van der Waals surface area (Å²) in [6.07, 6.45) is 2.35. The minimum atomic E-state index is -3.37. The van der Waals surface area contributed by atoms with Gasteiger partial charge in [0.25, 0.3) is 0 Å². The predicted molar refractivity (Wildman–Crippen MR) is 71.4 cm³/mol. The summed E-state index contributed by atoms with van der Waals surface area (Å²) in [7, 11) is -3.37. The molecular formula is C12H20N2O5S. The zero-order chi connectivity index (χ0) is 15.1. The largest absolute Gasteiger partial charge is 0.481 e. The molecule has 2 unspecified atom stereocenters. The van der Waals surface area contributed by atoms with E-state index in [1.807, 2.05) is 0 Å². The number of hydrogen-bond acceptors (Lipinski definition) is 4. The van der Waals surface area contributed by atoms with Crippen LogP contribution in [0.1, 0.15) is 19.8 Å². The van der Waals surface area contributed by atoms with Crippen LogP contribution in [0.5, 0.6) is 0 Å². The second kappa shape index (κ2) is 5.33. The third kappa shape index (κ3) is 2.80. The fraction of sp³-hybridized carbons (Fsp3) is 0.833. The summed E-state index contributed by atoms with van der Waals surface area (Å²) in [6.45, 7) is 2.83. The Morgan fingerprint density at radius 1 is 1.30 bits per heavy atom. The van der Waals surface area contributed by atoms with Crippen LogP contribution in [-0.4, -0.2) is 66.5 Å². The van der Waals surface area contributed by atoms with Gasteiger partial charge in [0.05, 0.1) is 12.2 Å². The molecule has 2 fully saturated rings. The average molecular weight is 304 g/mol. The molecule has 7 nitrogen and oxygen atoms in total. The van der Waals surface area contributed by atoms with E-state index in [9.17, 15) is 18.0 Å². The Morgan fingerprint density at radius 2 is 1.90 bits per heavy atom. The molecule has 0 aromatic rings. The topological polar surface area (TPSA) is 95.0 Å². The highest BCUT2D eigenvalue weighted by molar-refractivity contribution is 7.88. The van der Waals surface area contributed by atoms with Crippen molar-refractivity contribution in [3.63, 3.8) is 0 Å². The van der Waals surface area contributed by atoms with Gasteiger partial charge >= 0.3 is 5.97 Å². The Kier molecular flexibility index (Phi) is 4.06. The summed E-state index contributed by atoms with van der Waals surface area (Å²) in [5, 5.41) is 8.91. The van der Waals surface area contributed by atoms with Gasteiger partial charge in [0.1, 0.15) is 6.04 Å². The number of hydrogen-bond donors (Lipinski definition) is 1. The van der Waals surface area contributed by atoms with E-state index in [1.165, 1.54) is 4.31 Å². The SMILES string of the molecule is CC(C(=O)O)C1CN(C(=O)C2CCCN2S(C)(=O)=O)C1. The van der Waals surface area contributed by atoms with Crippen molar-refractivity contribution in [3.05, 3.63) is 0 Å². The molecule has 0 aliphatic carbocycles. The van der Waals surface area contributed by atoms with Crippen LogP contribution in [0, 0.1) is 11.8 Å². The average Bonchev–Trinajstić information content (AvgIpc) is 2.74. The zero-order valence-electron chi connectivity index (χ0n) is 11.7. The maximum Gasteiger partial charge on any atom is 0.306 e. The highest BCUT2D eigenvalue weighted by Gasteiger charge is 2.43. The quantitative estimate of drug-likeness (QED) is 0.762. The summed E-state index contributed by atoms with van der Waals surface area (Å²) < 4.78 is 24.5. The van der Waals surface area contributed by atoms with E-state index < -0.39 is 28.0 Å². The maximum atomic E-state index is 12.3. The molecule has 0 saturated carbocycles. The molecule has 20 heavy (non-hydrogen) atoms. The molecule has 8 heteroatoms. The predicted octanol–water partition coefficient (Wildman–Crippen LogP) is -0.410. The molecule has 0 radical (unpaired) electrons. The molecule has 0 bridgehead atoms. The van der Waals surface area contributed by atoms with Gasteiger partial charge in [-0.15, -0.1) is 0 Å². The molecule has 0 aromatic carbocycles. The van der Waals surface area contributed by atoms with Gasteiger partial charge in [0, 0.05) is 25.6 Å². The Hall–Kier alpha value is -1.15. The van der Waals surface area contributed by atoms with Crippen molar-refractivity contribution >= 4 is 21.9 Å². The highest BCUT2D eigenvalue weighted by Crippen LogP contribution is 2.28. The molecule has 2 heterocycles. The first-order valence-corrected chi connectivity index (χ1v) is 8.55. The molecular weight excluding hydrogens is 284 g/mol.